The largest absolute Gasteiger partial charge is 0.338 e. The number of para-hydroxylation sites is 1. The Balaban J connectivity index is 2.18. The SMILES string of the molecule is CCN(CC)C(=O)C(=Cc1cn(S(=O)(=O)N(C)C)c2ccccc12)NC(=O)c1ccccc1F. The number of fused-ring (bicyclic) bond motifs is 1. The Morgan fingerprint density at radius 3 is 2.26 bits per heavy atom. The Morgan fingerprint density at radius 1 is 1.03 bits per heavy atom. The van der Waals surface area contributed by atoms with E-state index in [-0.39, 0.29) is 11.3 Å². The Hall–Kier alpha value is -3.50. The third-order valence-electron chi connectivity index (χ3n) is 5.37. The van der Waals surface area contributed by atoms with Crippen molar-refractivity contribution in [2.75, 3.05) is 27.2 Å². The molecular weight excluding hydrogens is 459 g/mol. The van der Waals surface area contributed by atoms with Gasteiger partial charge in [-0.05, 0) is 38.1 Å². The lowest BCUT2D eigenvalue weighted by Crippen LogP contribution is -2.38. The molecule has 8 nitrogen and oxygen atoms in total. The van der Waals surface area contributed by atoms with E-state index < -0.39 is 27.8 Å². The van der Waals surface area contributed by atoms with Gasteiger partial charge in [-0.25, -0.2) is 8.36 Å². The van der Waals surface area contributed by atoms with Crippen LogP contribution in [-0.4, -0.2) is 60.6 Å². The van der Waals surface area contributed by atoms with Crippen LogP contribution in [0, 0.1) is 5.82 Å². The van der Waals surface area contributed by atoms with E-state index >= 15 is 0 Å². The van der Waals surface area contributed by atoms with E-state index in [0.717, 1.165) is 14.3 Å². The highest BCUT2D eigenvalue weighted by molar-refractivity contribution is 7.87. The number of nitrogens with zero attached hydrogens (tertiary/aromatic N) is 3. The molecule has 10 heteroatoms. The van der Waals surface area contributed by atoms with Gasteiger partial charge in [0, 0.05) is 44.3 Å². The molecule has 2 aromatic carbocycles. The molecule has 0 aliphatic carbocycles. The first-order valence-corrected chi connectivity index (χ1v) is 12.1. The predicted octanol–water partition coefficient (Wildman–Crippen LogP) is 3.07. The van der Waals surface area contributed by atoms with Gasteiger partial charge in [-0.3, -0.25) is 9.59 Å². The highest BCUT2D eigenvalue weighted by Crippen LogP contribution is 2.26. The minimum absolute atomic E-state index is 0.0953. The van der Waals surface area contributed by atoms with Gasteiger partial charge in [0.15, 0.2) is 0 Å². The summed E-state index contributed by atoms with van der Waals surface area (Å²) in [7, 11) is -1.01. The van der Waals surface area contributed by atoms with Crippen LogP contribution in [0.2, 0.25) is 0 Å². The maximum Gasteiger partial charge on any atom is 0.307 e. The van der Waals surface area contributed by atoms with Crippen molar-refractivity contribution in [3.8, 4) is 0 Å². The lowest BCUT2D eigenvalue weighted by molar-refractivity contribution is -0.127. The number of aromatic nitrogens is 1. The van der Waals surface area contributed by atoms with Crippen LogP contribution >= 0.6 is 0 Å². The fraction of sp³-hybridized carbons (Fsp3) is 0.250. The van der Waals surface area contributed by atoms with E-state index in [9.17, 15) is 22.4 Å². The third-order valence-corrected chi connectivity index (χ3v) is 7.09. The number of hydrogen-bond donors (Lipinski definition) is 1. The first-order valence-electron chi connectivity index (χ1n) is 10.7. The fourth-order valence-electron chi connectivity index (χ4n) is 3.48. The van der Waals surface area contributed by atoms with Crippen molar-refractivity contribution in [1.29, 1.82) is 0 Å². The molecule has 3 rings (SSSR count). The van der Waals surface area contributed by atoms with Gasteiger partial charge in [0.25, 0.3) is 11.8 Å². The average Bonchev–Trinajstić information content (AvgIpc) is 3.18. The van der Waals surface area contributed by atoms with Gasteiger partial charge in [0.05, 0.1) is 11.1 Å². The van der Waals surface area contributed by atoms with E-state index in [1.54, 1.807) is 38.1 Å². The van der Waals surface area contributed by atoms with Crippen LogP contribution in [0.5, 0.6) is 0 Å². The van der Waals surface area contributed by atoms with Crippen molar-refractivity contribution in [2.24, 2.45) is 0 Å². The molecule has 180 valence electrons. The van der Waals surface area contributed by atoms with E-state index in [2.05, 4.69) is 5.32 Å². The molecule has 0 unspecified atom stereocenters. The van der Waals surface area contributed by atoms with Crippen LogP contribution in [0.1, 0.15) is 29.8 Å². The molecule has 0 radical (unpaired) electrons. The first kappa shape index (κ1) is 25.1. The van der Waals surface area contributed by atoms with Crippen molar-refractivity contribution < 1.29 is 22.4 Å². The second kappa shape index (κ2) is 10.2. The molecule has 0 saturated carbocycles. The van der Waals surface area contributed by atoms with Crippen molar-refractivity contribution in [1.82, 2.24) is 18.5 Å². The lowest BCUT2D eigenvalue weighted by atomic mass is 10.1. The quantitative estimate of drug-likeness (QED) is 0.496. The number of halogens is 1. The summed E-state index contributed by atoms with van der Waals surface area (Å²) < 4.78 is 42.1. The number of nitrogens with one attached hydrogen (secondary N) is 1. The van der Waals surface area contributed by atoms with E-state index in [1.807, 2.05) is 0 Å². The summed E-state index contributed by atoms with van der Waals surface area (Å²) >= 11 is 0. The Labute approximate surface area is 198 Å². The normalized spacial score (nSPS) is 12.2. The lowest BCUT2D eigenvalue weighted by Gasteiger charge is -2.21. The highest BCUT2D eigenvalue weighted by Gasteiger charge is 2.24. The molecule has 0 spiro atoms. The standard InChI is InChI=1S/C24H27FN4O4S/c1-5-28(6-2)24(31)21(26-23(30)19-12-7-9-13-20(19)25)15-17-16-29(34(32,33)27(3)4)22-14-10-8-11-18(17)22/h7-16H,5-6H2,1-4H3,(H,26,30). The van der Waals surface area contributed by atoms with Crippen molar-refractivity contribution >= 4 is 39.0 Å². The Bertz CT molecular complexity index is 1360. The molecule has 1 N–H and O–H groups in total. The molecule has 34 heavy (non-hydrogen) atoms. The van der Waals surface area contributed by atoms with Gasteiger partial charge >= 0.3 is 10.2 Å². The zero-order chi connectivity index (χ0) is 25.0. The second-order valence-corrected chi connectivity index (χ2v) is 9.68. The molecule has 0 bridgehead atoms. The van der Waals surface area contributed by atoms with Crippen molar-refractivity contribution in [2.45, 2.75) is 13.8 Å². The summed E-state index contributed by atoms with van der Waals surface area (Å²) in [6.45, 7) is 4.37. The fourth-order valence-corrected chi connectivity index (χ4v) is 4.49. The topological polar surface area (TPSA) is 91.7 Å². The number of rotatable bonds is 8. The van der Waals surface area contributed by atoms with E-state index in [4.69, 9.17) is 0 Å². The molecular formula is C24H27FN4O4S. The maximum absolute atomic E-state index is 14.2. The number of carbonyl (C=O) groups is 2. The van der Waals surface area contributed by atoms with Crippen LogP contribution in [0.15, 0.2) is 60.4 Å². The maximum atomic E-state index is 14.2. The van der Waals surface area contributed by atoms with Gasteiger partial charge in [-0.2, -0.15) is 12.7 Å². The van der Waals surface area contributed by atoms with Crippen molar-refractivity contribution in [3.05, 3.63) is 77.4 Å². The molecule has 0 atom stereocenters. The van der Waals surface area contributed by atoms with Crippen LogP contribution in [0.3, 0.4) is 0 Å². The van der Waals surface area contributed by atoms with Gasteiger partial charge in [0.2, 0.25) is 0 Å². The summed E-state index contributed by atoms with van der Waals surface area (Å²) in [4.78, 5) is 27.5. The van der Waals surface area contributed by atoms with Crippen LogP contribution < -0.4 is 5.32 Å². The zero-order valence-corrected chi connectivity index (χ0v) is 20.3. The monoisotopic (exact) mass is 486 g/mol. The van der Waals surface area contributed by atoms with Crippen molar-refractivity contribution in [3.63, 3.8) is 0 Å². The number of benzene rings is 2. The highest BCUT2D eigenvalue weighted by atomic mass is 32.2. The van der Waals surface area contributed by atoms with E-state index in [0.29, 0.717) is 29.6 Å². The van der Waals surface area contributed by atoms with Gasteiger partial charge < -0.3 is 10.2 Å². The second-order valence-electron chi connectivity index (χ2n) is 7.66. The number of likely N-dealkylation sites (N-methyl/N-ethyl adjacent to an activating group) is 1. The average molecular weight is 487 g/mol. The summed E-state index contributed by atoms with van der Waals surface area (Å²) in [6, 6.07) is 12.3. The van der Waals surface area contributed by atoms with Crippen LogP contribution in [0.25, 0.3) is 17.0 Å². The summed E-state index contributed by atoms with van der Waals surface area (Å²) in [6.07, 6.45) is 2.81. The number of hydrogen-bond acceptors (Lipinski definition) is 4. The van der Waals surface area contributed by atoms with Gasteiger partial charge in [0.1, 0.15) is 11.5 Å². The Kier molecular flexibility index (Phi) is 7.53. The molecule has 3 aromatic rings. The third kappa shape index (κ3) is 4.87. The minimum Gasteiger partial charge on any atom is -0.338 e. The summed E-state index contributed by atoms with van der Waals surface area (Å²) in [5.74, 6) is -1.97. The summed E-state index contributed by atoms with van der Waals surface area (Å²) in [5, 5.41) is 3.10. The molecule has 0 saturated heterocycles. The minimum atomic E-state index is -3.85. The molecule has 0 fully saturated rings. The Morgan fingerprint density at radius 2 is 1.65 bits per heavy atom. The van der Waals surface area contributed by atoms with Gasteiger partial charge in [-0.15, -0.1) is 0 Å². The number of carbonyl (C=O) groups excluding carboxylic acids is 2. The first-order chi connectivity index (χ1) is 16.1. The number of amides is 2. The van der Waals surface area contributed by atoms with Gasteiger partial charge in [-0.1, -0.05) is 30.3 Å². The van der Waals surface area contributed by atoms with Crippen LogP contribution in [0.4, 0.5) is 4.39 Å². The molecule has 0 aliphatic heterocycles. The molecule has 1 aromatic heterocycles. The molecule has 2 amide bonds. The molecule has 1 heterocycles. The summed E-state index contributed by atoms with van der Waals surface area (Å²) in [5.41, 5.74) is 0.517. The molecule has 0 aliphatic rings. The van der Waals surface area contributed by atoms with E-state index in [1.165, 1.54) is 49.5 Å². The zero-order valence-electron chi connectivity index (χ0n) is 19.4. The van der Waals surface area contributed by atoms with Crippen LogP contribution in [-0.2, 0) is 15.0 Å². The predicted molar refractivity (Wildman–Crippen MR) is 130 cm³/mol. The smallest absolute Gasteiger partial charge is 0.307 e.